The molecule has 0 aliphatic heterocycles. The summed E-state index contributed by atoms with van der Waals surface area (Å²) >= 11 is 3.72. The lowest BCUT2D eigenvalue weighted by Gasteiger charge is -2.26. The summed E-state index contributed by atoms with van der Waals surface area (Å²) in [6.07, 6.45) is 0. The normalized spacial score (nSPS) is 11.8. The Morgan fingerprint density at radius 1 is 0.206 bits per heavy atom. The molecule has 0 saturated heterocycles. The minimum Gasteiger partial charge on any atom is -0.311 e. The minimum atomic E-state index is 1.11. The maximum atomic E-state index is 2.38. The molecule has 0 radical (unpaired) electrons. The Hall–Kier alpha value is -7.56. The van der Waals surface area contributed by atoms with Crippen LogP contribution in [0.3, 0.4) is 0 Å². The molecule has 0 aliphatic rings. The lowest BCUT2D eigenvalue weighted by molar-refractivity contribution is 1.28. The Morgan fingerprint density at radius 2 is 0.492 bits per heavy atom. The zero-order valence-electron chi connectivity index (χ0n) is 34.1. The summed E-state index contributed by atoms with van der Waals surface area (Å²) in [5.41, 5.74) is 10.6. The molecule has 0 bridgehead atoms. The monoisotopic (exact) mass is 835 g/mol. The average molecular weight is 836 g/mol. The van der Waals surface area contributed by atoms with Crippen LogP contribution in [0.4, 0.5) is 17.1 Å². The molecule has 13 aromatic rings. The predicted octanol–water partition coefficient (Wildman–Crippen LogP) is 18.4. The van der Waals surface area contributed by atoms with Gasteiger partial charge >= 0.3 is 0 Å². The third kappa shape index (κ3) is 6.04. The van der Waals surface area contributed by atoms with E-state index in [1.807, 2.05) is 22.7 Å². The molecule has 0 atom stereocenters. The van der Waals surface area contributed by atoms with E-state index in [1.54, 1.807) is 0 Å². The average Bonchev–Trinajstić information content (AvgIpc) is 3.92. The predicted molar refractivity (Wildman–Crippen MR) is 276 cm³/mol. The topological polar surface area (TPSA) is 3.24 Å². The maximum Gasteiger partial charge on any atom is 0.0462 e. The van der Waals surface area contributed by atoms with Gasteiger partial charge in [0, 0.05) is 57.4 Å². The van der Waals surface area contributed by atoms with Crippen molar-refractivity contribution in [2.45, 2.75) is 0 Å². The summed E-state index contributed by atoms with van der Waals surface area (Å²) in [5.74, 6) is 0. The lowest BCUT2D eigenvalue weighted by Crippen LogP contribution is -2.09. The quantitative estimate of drug-likeness (QED) is 0.151. The fourth-order valence-electron chi connectivity index (χ4n) is 9.75. The molecule has 13 rings (SSSR count). The zero-order chi connectivity index (χ0) is 41.4. The first-order valence-electron chi connectivity index (χ1n) is 21.5. The molecule has 11 aromatic carbocycles. The van der Waals surface area contributed by atoms with Gasteiger partial charge in [-0.05, 0) is 145 Å². The second kappa shape index (κ2) is 14.5. The van der Waals surface area contributed by atoms with Gasteiger partial charge in [-0.1, -0.05) is 146 Å². The van der Waals surface area contributed by atoms with Crippen molar-refractivity contribution in [3.05, 3.63) is 224 Å². The van der Waals surface area contributed by atoms with Gasteiger partial charge in [-0.25, -0.2) is 0 Å². The SMILES string of the molecule is c1ccc2c(c1)sc1ccc(-c3ccc(N(c4ccc(-c5ccc6sc7ccccc7c6c5)cc4)c4ccc(-c5ccc6c7ccccc7c7ccccc7c6c5)cc4)cc3)cc12. The molecule has 0 amide bonds. The van der Waals surface area contributed by atoms with E-state index in [2.05, 4.69) is 229 Å². The van der Waals surface area contributed by atoms with Crippen molar-refractivity contribution in [3.63, 3.8) is 0 Å². The van der Waals surface area contributed by atoms with Crippen molar-refractivity contribution in [1.82, 2.24) is 0 Å². The van der Waals surface area contributed by atoms with Crippen molar-refractivity contribution in [1.29, 1.82) is 0 Å². The molecule has 0 spiro atoms. The summed E-state index contributed by atoms with van der Waals surface area (Å²) < 4.78 is 5.30. The Labute approximate surface area is 373 Å². The van der Waals surface area contributed by atoms with Crippen LogP contribution < -0.4 is 4.90 Å². The van der Waals surface area contributed by atoms with E-state index in [0.29, 0.717) is 0 Å². The molecule has 0 aliphatic carbocycles. The van der Waals surface area contributed by atoms with E-state index >= 15 is 0 Å². The molecular formula is C60H37NS2. The highest BCUT2D eigenvalue weighted by atomic mass is 32.1. The number of hydrogen-bond donors (Lipinski definition) is 0. The molecule has 63 heavy (non-hydrogen) atoms. The smallest absolute Gasteiger partial charge is 0.0462 e. The number of fused-ring (bicyclic) bond motifs is 12. The largest absolute Gasteiger partial charge is 0.311 e. The molecule has 294 valence electrons. The molecule has 0 unspecified atom stereocenters. The van der Waals surface area contributed by atoms with Crippen molar-refractivity contribution in [2.24, 2.45) is 0 Å². The Morgan fingerprint density at radius 3 is 0.905 bits per heavy atom. The van der Waals surface area contributed by atoms with Crippen LogP contribution in [0.2, 0.25) is 0 Å². The molecule has 3 heteroatoms. The van der Waals surface area contributed by atoms with Crippen molar-refractivity contribution >= 4 is 112 Å². The van der Waals surface area contributed by atoms with Gasteiger partial charge in [0.05, 0.1) is 0 Å². The van der Waals surface area contributed by atoms with Crippen LogP contribution in [-0.4, -0.2) is 0 Å². The van der Waals surface area contributed by atoms with Crippen molar-refractivity contribution in [2.75, 3.05) is 4.90 Å². The summed E-state index contributed by atoms with van der Waals surface area (Å²) in [7, 11) is 0. The van der Waals surface area contributed by atoms with Crippen LogP contribution in [0.5, 0.6) is 0 Å². The van der Waals surface area contributed by atoms with E-state index in [0.717, 1.165) is 17.1 Å². The summed E-state index contributed by atoms with van der Waals surface area (Å²) in [6, 6.07) is 83.0. The van der Waals surface area contributed by atoms with Gasteiger partial charge in [0.25, 0.3) is 0 Å². The highest BCUT2D eigenvalue weighted by molar-refractivity contribution is 7.26. The maximum absolute atomic E-state index is 2.38. The first-order valence-corrected chi connectivity index (χ1v) is 23.1. The van der Waals surface area contributed by atoms with Crippen LogP contribution in [0.15, 0.2) is 224 Å². The van der Waals surface area contributed by atoms with Crippen molar-refractivity contribution < 1.29 is 0 Å². The first-order chi connectivity index (χ1) is 31.2. The molecule has 1 nitrogen and oxygen atoms in total. The van der Waals surface area contributed by atoms with E-state index in [-0.39, 0.29) is 0 Å². The standard InChI is InChI=1S/C60H37NS2/c1-2-11-49-47(9-1)48-10-3-4-12-50(48)54-35-41(23-32-51(49)54)38-17-26-44(27-18-38)61(45-28-19-39(20-29-45)42-24-33-59-55(36-42)52-13-5-7-15-57(52)62-59)46-30-21-40(22-31-46)43-25-34-60-56(37-43)53-14-6-8-16-58(53)63-60/h1-37H. The fourth-order valence-corrected chi connectivity index (χ4v) is 11.9. The first kappa shape index (κ1) is 36.1. The molecule has 2 heterocycles. The van der Waals surface area contributed by atoms with E-state index in [4.69, 9.17) is 0 Å². The molecule has 0 N–H and O–H groups in total. The van der Waals surface area contributed by atoms with Crippen molar-refractivity contribution in [3.8, 4) is 33.4 Å². The number of benzene rings is 11. The summed E-state index contributed by atoms with van der Waals surface area (Å²) in [6.45, 7) is 0. The van der Waals surface area contributed by atoms with Crippen LogP contribution in [-0.2, 0) is 0 Å². The minimum absolute atomic E-state index is 1.11. The van der Waals surface area contributed by atoms with Gasteiger partial charge in [0.15, 0.2) is 0 Å². The van der Waals surface area contributed by atoms with E-state index < -0.39 is 0 Å². The van der Waals surface area contributed by atoms with Crippen LogP contribution in [0, 0.1) is 0 Å². The lowest BCUT2D eigenvalue weighted by atomic mass is 9.92. The fraction of sp³-hybridized carbons (Fsp3) is 0. The molecule has 0 saturated carbocycles. The van der Waals surface area contributed by atoms with E-state index in [9.17, 15) is 0 Å². The second-order valence-electron chi connectivity index (χ2n) is 16.4. The van der Waals surface area contributed by atoms with Gasteiger partial charge in [-0.2, -0.15) is 0 Å². The Kier molecular flexibility index (Phi) is 8.33. The number of anilines is 3. The molecule has 2 aromatic heterocycles. The third-order valence-electron chi connectivity index (χ3n) is 12.9. The van der Waals surface area contributed by atoms with Crippen LogP contribution >= 0.6 is 22.7 Å². The zero-order valence-corrected chi connectivity index (χ0v) is 35.8. The third-order valence-corrected chi connectivity index (χ3v) is 15.2. The highest BCUT2D eigenvalue weighted by Crippen LogP contribution is 2.42. The van der Waals surface area contributed by atoms with Gasteiger partial charge < -0.3 is 4.90 Å². The number of thiophene rings is 2. The molecule has 0 fully saturated rings. The number of nitrogens with zero attached hydrogens (tertiary/aromatic N) is 1. The molecular weight excluding hydrogens is 799 g/mol. The summed E-state index contributed by atoms with van der Waals surface area (Å²) in [4.78, 5) is 2.38. The van der Waals surface area contributed by atoms with Gasteiger partial charge in [-0.3, -0.25) is 0 Å². The van der Waals surface area contributed by atoms with E-state index in [1.165, 1.54) is 106 Å². The summed E-state index contributed by atoms with van der Waals surface area (Å²) in [5, 5.41) is 13.0. The Balaban J connectivity index is 0.891. The number of rotatable bonds is 6. The highest BCUT2D eigenvalue weighted by Gasteiger charge is 2.16. The van der Waals surface area contributed by atoms with Gasteiger partial charge in [0.1, 0.15) is 0 Å². The van der Waals surface area contributed by atoms with Crippen LogP contribution in [0.25, 0.3) is 106 Å². The van der Waals surface area contributed by atoms with Crippen LogP contribution in [0.1, 0.15) is 0 Å². The Bertz CT molecular complexity index is 3700. The second-order valence-corrected chi connectivity index (χ2v) is 18.6. The number of hydrogen-bond acceptors (Lipinski definition) is 3. The van der Waals surface area contributed by atoms with Gasteiger partial charge in [-0.15, -0.1) is 22.7 Å². The van der Waals surface area contributed by atoms with Gasteiger partial charge in [0.2, 0.25) is 0 Å².